The summed E-state index contributed by atoms with van der Waals surface area (Å²) in [5.41, 5.74) is 8.32. The molecule has 4 heteroatoms. The first-order valence-electron chi connectivity index (χ1n) is 7.66. The first kappa shape index (κ1) is 13.9. The molecule has 0 saturated heterocycles. The molecule has 0 aliphatic heterocycles. The molecule has 1 aliphatic carbocycles. The Morgan fingerprint density at radius 2 is 1.95 bits per heavy atom. The standard InChI is InChI=1S/C17H22N4/c1-12-15(18)20-17(14-9-10-14)21-16(12)19-11-5-8-13-6-3-2-4-7-13/h2-4,6-7,14H,5,8-11H2,1H3,(H3,18,19,20,21). The molecule has 1 aromatic heterocycles. The van der Waals surface area contributed by atoms with E-state index in [-0.39, 0.29) is 0 Å². The quantitative estimate of drug-likeness (QED) is 0.798. The molecule has 110 valence electrons. The zero-order chi connectivity index (χ0) is 14.7. The van der Waals surface area contributed by atoms with Crippen LogP contribution < -0.4 is 11.1 Å². The summed E-state index contributed by atoms with van der Waals surface area (Å²) >= 11 is 0. The minimum atomic E-state index is 0.526. The maximum atomic E-state index is 5.99. The van der Waals surface area contributed by atoms with Crippen molar-refractivity contribution in [3.8, 4) is 0 Å². The van der Waals surface area contributed by atoms with Gasteiger partial charge in [-0.2, -0.15) is 0 Å². The van der Waals surface area contributed by atoms with Gasteiger partial charge in [0.2, 0.25) is 0 Å². The average molecular weight is 282 g/mol. The minimum Gasteiger partial charge on any atom is -0.383 e. The molecule has 21 heavy (non-hydrogen) atoms. The predicted molar refractivity (Wildman–Crippen MR) is 86.4 cm³/mol. The van der Waals surface area contributed by atoms with Crippen molar-refractivity contribution < 1.29 is 0 Å². The van der Waals surface area contributed by atoms with Crippen molar-refractivity contribution in [1.82, 2.24) is 9.97 Å². The highest BCUT2D eigenvalue weighted by Gasteiger charge is 2.27. The van der Waals surface area contributed by atoms with Gasteiger partial charge in [0.05, 0.1) is 0 Å². The van der Waals surface area contributed by atoms with Crippen LogP contribution in [-0.4, -0.2) is 16.5 Å². The molecule has 1 aliphatic rings. The third kappa shape index (κ3) is 3.51. The van der Waals surface area contributed by atoms with Crippen molar-refractivity contribution in [1.29, 1.82) is 0 Å². The second kappa shape index (κ2) is 6.12. The van der Waals surface area contributed by atoms with Crippen LogP contribution in [0.1, 0.15) is 42.1 Å². The number of nitrogens with two attached hydrogens (primary N) is 1. The fraction of sp³-hybridized carbons (Fsp3) is 0.412. The smallest absolute Gasteiger partial charge is 0.136 e. The SMILES string of the molecule is Cc1c(N)nc(C2CC2)nc1NCCCc1ccccc1. The Kier molecular flexibility index (Phi) is 4.04. The zero-order valence-corrected chi connectivity index (χ0v) is 12.5. The van der Waals surface area contributed by atoms with Crippen molar-refractivity contribution in [2.75, 3.05) is 17.6 Å². The Bertz CT molecular complexity index is 606. The maximum Gasteiger partial charge on any atom is 0.136 e. The topological polar surface area (TPSA) is 63.8 Å². The monoisotopic (exact) mass is 282 g/mol. The van der Waals surface area contributed by atoms with Crippen molar-refractivity contribution in [2.24, 2.45) is 0 Å². The van der Waals surface area contributed by atoms with Crippen LogP contribution in [0.3, 0.4) is 0 Å². The summed E-state index contributed by atoms with van der Waals surface area (Å²) in [4.78, 5) is 9.04. The molecule has 0 bridgehead atoms. The van der Waals surface area contributed by atoms with Crippen LogP contribution in [0.4, 0.5) is 11.6 Å². The van der Waals surface area contributed by atoms with Crippen LogP contribution in [0, 0.1) is 6.92 Å². The van der Waals surface area contributed by atoms with Gasteiger partial charge in [-0.05, 0) is 38.2 Å². The molecule has 3 N–H and O–H groups in total. The van der Waals surface area contributed by atoms with Crippen LogP contribution in [0.5, 0.6) is 0 Å². The third-order valence-corrected chi connectivity index (χ3v) is 3.92. The van der Waals surface area contributed by atoms with Gasteiger partial charge in [-0.25, -0.2) is 9.97 Å². The lowest BCUT2D eigenvalue weighted by molar-refractivity contribution is 0.848. The summed E-state index contributed by atoms with van der Waals surface area (Å²) in [6.07, 6.45) is 4.53. The van der Waals surface area contributed by atoms with E-state index < -0.39 is 0 Å². The Morgan fingerprint density at radius 3 is 2.67 bits per heavy atom. The van der Waals surface area contributed by atoms with Crippen LogP contribution in [-0.2, 0) is 6.42 Å². The van der Waals surface area contributed by atoms with Gasteiger partial charge < -0.3 is 11.1 Å². The summed E-state index contributed by atoms with van der Waals surface area (Å²) in [5, 5.41) is 3.42. The number of nitrogens with one attached hydrogen (secondary N) is 1. The Morgan fingerprint density at radius 1 is 1.19 bits per heavy atom. The molecule has 1 aromatic carbocycles. The molecule has 4 nitrogen and oxygen atoms in total. The van der Waals surface area contributed by atoms with E-state index in [2.05, 4.69) is 39.6 Å². The van der Waals surface area contributed by atoms with Gasteiger partial charge in [-0.1, -0.05) is 30.3 Å². The Hall–Kier alpha value is -2.10. The average Bonchev–Trinajstić information content (AvgIpc) is 3.33. The van der Waals surface area contributed by atoms with Gasteiger partial charge in [0, 0.05) is 18.0 Å². The van der Waals surface area contributed by atoms with Gasteiger partial charge in [0.1, 0.15) is 17.5 Å². The summed E-state index contributed by atoms with van der Waals surface area (Å²) in [6.45, 7) is 2.88. The number of aryl methyl sites for hydroxylation is 1. The highest BCUT2D eigenvalue weighted by atomic mass is 15.1. The fourth-order valence-electron chi connectivity index (χ4n) is 2.39. The van der Waals surface area contributed by atoms with Crippen LogP contribution in [0.2, 0.25) is 0 Å². The van der Waals surface area contributed by atoms with E-state index in [4.69, 9.17) is 5.73 Å². The number of aromatic nitrogens is 2. The van der Waals surface area contributed by atoms with Crippen LogP contribution in [0.25, 0.3) is 0 Å². The van der Waals surface area contributed by atoms with E-state index in [0.717, 1.165) is 36.6 Å². The first-order valence-corrected chi connectivity index (χ1v) is 7.66. The van der Waals surface area contributed by atoms with E-state index in [1.807, 2.05) is 13.0 Å². The number of nitrogens with zero attached hydrogens (tertiary/aromatic N) is 2. The largest absolute Gasteiger partial charge is 0.383 e. The molecule has 0 amide bonds. The molecule has 1 heterocycles. The van der Waals surface area contributed by atoms with E-state index in [1.54, 1.807) is 0 Å². The van der Waals surface area contributed by atoms with Gasteiger partial charge in [-0.15, -0.1) is 0 Å². The van der Waals surface area contributed by atoms with Crippen LogP contribution in [0.15, 0.2) is 30.3 Å². The Labute approximate surface area is 125 Å². The number of hydrogen-bond acceptors (Lipinski definition) is 4. The molecular weight excluding hydrogens is 260 g/mol. The second-order valence-electron chi connectivity index (χ2n) is 5.73. The third-order valence-electron chi connectivity index (χ3n) is 3.92. The molecule has 3 rings (SSSR count). The van der Waals surface area contributed by atoms with E-state index in [1.165, 1.54) is 18.4 Å². The summed E-state index contributed by atoms with van der Waals surface area (Å²) in [5.74, 6) is 2.94. The van der Waals surface area contributed by atoms with Gasteiger partial charge in [0.15, 0.2) is 0 Å². The zero-order valence-electron chi connectivity index (χ0n) is 12.5. The van der Waals surface area contributed by atoms with Gasteiger partial charge in [0.25, 0.3) is 0 Å². The number of benzene rings is 1. The summed E-state index contributed by atoms with van der Waals surface area (Å²) < 4.78 is 0. The van der Waals surface area contributed by atoms with Crippen molar-refractivity contribution in [3.63, 3.8) is 0 Å². The number of anilines is 2. The lowest BCUT2D eigenvalue weighted by Gasteiger charge is -2.11. The molecule has 1 saturated carbocycles. The molecule has 0 atom stereocenters. The molecule has 0 radical (unpaired) electrons. The number of nitrogen functional groups attached to an aromatic ring is 1. The fourth-order valence-corrected chi connectivity index (χ4v) is 2.39. The van der Waals surface area contributed by atoms with Crippen molar-refractivity contribution >= 4 is 11.6 Å². The minimum absolute atomic E-state index is 0.526. The molecule has 2 aromatic rings. The molecule has 0 unspecified atom stereocenters. The number of hydrogen-bond donors (Lipinski definition) is 2. The summed E-state index contributed by atoms with van der Waals surface area (Å²) in [7, 11) is 0. The molecule has 0 spiro atoms. The molecule has 1 fully saturated rings. The van der Waals surface area contributed by atoms with E-state index in [9.17, 15) is 0 Å². The van der Waals surface area contributed by atoms with Crippen molar-refractivity contribution in [2.45, 2.75) is 38.5 Å². The highest BCUT2D eigenvalue weighted by Crippen LogP contribution is 2.39. The lowest BCUT2D eigenvalue weighted by Crippen LogP contribution is -2.10. The van der Waals surface area contributed by atoms with E-state index in [0.29, 0.717) is 11.7 Å². The number of rotatable bonds is 6. The van der Waals surface area contributed by atoms with Gasteiger partial charge in [-0.3, -0.25) is 0 Å². The lowest BCUT2D eigenvalue weighted by atomic mass is 10.1. The van der Waals surface area contributed by atoms with Gasteiger partial charge >= 0.3 is 0 Å². The Balaban J connectivity index is 1.57. The predicted octanol–water partition coefficient (Wildman–Crippen LogP) is 3.29. The molecular formula is C17H22N4. The normalized spacial score (nSPS) is 14.1. The van der Waals surface area contributed by atoms with E-state index >= 15 is 0 Å². The summed E-state index contributed by atoms with van der Waals surface area (Å²) in [6, 6.07) is 10.5. The second-order valence-corrected chi connectivity index (χ2v) is 5.73. The van der Waals surface area contributed by atoms with Crippen LogP contribution >= 0.6 is 0 Å². The highest BCUT2D eigenvalue weighted by molar-refractivity contribution is 5.55. The van der Waals surface area contributed by atoms with Crippen molar-refractivity contribution in [3.05, 3.63) is 47.3 Å². The first-order chi connectivity index (χ1) is 10.2. The maximum absolute atomic E-state index is 5.99.